The topological polar surface area (TPSA) is 54.9 Å². The van der Waals surface area contributed by atoms with Crippen molar-refractivity contribution < 1.29 is 14.3 Å². The van der Waals surface area contributed by atoms with Gasteiger partial charge in [0.25, 0.3) is 5.91 Å². The van der Waals surface area contributed by atoms with E-state index in [4.69, 9.17) is 9.47 Å². The zero-order valence-corrected chi connectivity index (χ0v) is 19.9. The average molecular weight is 460 g/mol. The molecule has 1 aromatic heterocycles. The van der Waals surface area contributed by atoms with Crippen LogP contribution in [0.4, 0.5) is 5.69 Å². The summed E-state index contributed by atoms with van der Waals surface area (Å²) in [6, 6.07) is 14.4. The lowest BCUT2D eigenvalue weighted by Gasteiger charge is -2.30. The minimum Gasteiger partial charge on any atom is -0.496 e. The normalized spacial score (nSPS) is 19.1. The fourth-order valence-electron chi connectivity index (χ4n) is 5.24. The van der Waals surface area contributed by atoms with Crippen LogP contribution in [-0.4, -0.2) is 62.3 Å². The van der Waals surface area contributed by atoms with Gasteiger partial charge in [0.1, 0.15) is 5.75 Å². The number of hydrogen-bond donors (Lipinski definition) is 0. The number of aromatic nitrogens is 1. The Morgan fingerprint density at radius 1 is 1.12 bits per heavy atom. The molecular weight excluding hydrogens is 426 g/mol. The van der Waals surface area contributed by atoms with Crippen LogP contribution in [-0.2, 0) is 11.2 Å². The Hall–Kier alpha value is -3.12. The fraction of sp³-hybridized carbons (Fsp3) is 0.429. The van der Waals surface area contributed by atoms with Crippen LogP contribution < -0.4 is 9.64 Å². The lowest BCUT2D eigenvalue weighted by molar-refractivity contribution is 0.0734. The molecule has 1 atom stereocenters. The maximum Gasteiger partial charge on any atom is 0.257 e. The van der Waals surface area contributed by atoms with Crippen LogP contribution in [0, 0.1) is 5.92 Å². The Bertz CT molecular complexity index is 1140. The lowest BCUT2D eigenvalue weighted by atomic mass is 9.95. The standard InChI is InChI=1S/C28H33N3O3/c1-33-27-9-8-24(30-12-3-2-4-13-30)17-25(27)28(32)31-14-15-34-20-21(19-31)16-23-7-5-6-22-10-11-29-18-26(22)23/h5-11,17-18,21H,2-4,12-16,19-20H2,1H3/t21-/m1/s1. The summed E-state index contributed by atoms with van der Waals surface area (Å²) in [5.41, 5.74) is 2.99. The number of ether oxygens (including phenoxy) is 2. The molecule has 0 unspecified atom stereocenters. The molecule has 3 heterocycles. The highest BCUT2D eigenvalue weighted by Crippen LogP contribution is 2.29. The number of carbonyl (C=O) groups excluding carboxylic acids is 1. The Labute approximate surface area is 201 Å². The van der Waals surface area contributed by atoms with E-state index >= 15 is 0 Å². The minimum absolute atomic E-state index is 0.0193. The van der Waals surface area contributed by atoms with Crippen molar-refractivity contribution >= 4 is 22.4 Å². The highest BCUT2D eigenvalue weighted by molar-refractivity contribution is 5.98. The van der Waals surface area contributed by atoms with Gasteiger partial charge in [0.2, 0.25) is 0 Å². The molecule has 0 saturated carbocycles. The number of methoxy groups -OCH3 is 1. The van der Waals surface area contributed by atoms with Crippen molar-refractivity contribution in [2.75, 3.05) is 51.4 Å². The monoisotopic (exact) mass is 459 g/mol. The highest BCUT2D eigenvalue weighted by Gasteiger charge is 2.27. The highest BCUT2D eigenvalue weighted by atomic mass is 16.5. The van der Waals surface area contributed by atoms with Gasteiger partial charge in [0.05, 0.1) is 25.9 Å². The Balaban J connectivity index is 1.37. The molecule has 1 amide bonds. The van der Waals surface area contributed by atoms with Gasteiger partial charge in [-0.15, -0.1) is 0 Å². The van der Waals surface area contributed by atoms with Crippen molar-refractivity contribution in [3.63, 3.8) is 0 Å². The number of anilines is 1. The van der Waals surface area contributed by atoms with Gasteiger partial charge in [-0.25, -0.2) is 0 Å². The third-order valence-electron chi connectivity index (χ3n) is 7.04. The van der Waals surface area contributed by atoms with Gasteiger partial charge in [0, 0.05) is 55.6 Å². The molecule has 0 bridgehead atoms. The van der Waals surface area contributed by atoms with E-state index in [2.05, 4.69) is 34.1 Å². The number of amides is 1. The van der Waals surface area contributed by atoms with Gasteiger partial charge < -0.3 is 19.3 Å². The SMILES string of the molecule is COc1ccc(N2CCCCC2)cc1C(=O)N1CCOC[C@H](Cc2cccc3ccncc23)C1. The third kappa shape index (κ3) is 4.87. The summed E-state index contributed by atoms with van der Waals surface area (Å²) in [5.74, 6) is 0.868. The minimum atomic E-state index is 0.0193. The van der Waals surface area contributed by atoms with Crippen LogP contribution in [0.2, 0.25) is 0 Å². The molecule has 0 aliphatic carbocycles. The number of pyridine rings is 1. The number of piperidine rings is 1. The van der Waals surface area contributed by atoms with Gasteiger partial charge in [-0.2, -0.15) is 0 Å². The molecule has 2 saturated heterocycles. The fourth-order valence-corrected chi connectivity index (χ4v) is 5.24. The smallest absolute Gasteiger partial charge is 0.257 e. The van der Waals surface area contributed by atoms with E-state index < -0.39 is 0 Å². The molecule has 6 heteroatoms. The molecule has 0 N–H and O–H groups in total. The largest absolute Gasteiger partial charge is 0.496 e. The van der Waals surface area contributed by atoms with E-state index in [1.54, 1.807) is 7.11 Å². The summed E-state index contributed by atoms with van der Waals surface area (Å²) in [6.07, 6.45) is 8.28. The number of nitrogens with zero attached hydrogens (tertiary/aromatic N) is 3. The first-order valence-corrected chi connectivity index (χ1v) is 12.3. The Morgan fingerprint density at radius 3 is 2.85 bits per heavy atom. The van der Waals surface area contributed by atoms with E-state index in [-0.39, 0.29) is 11.8 Å². The van der Waals surface area contributed by atoms with Crippen molar-refractivity contribution in [1.29, 1.82) is 0 Å². The quantitative estimate of drug-likeness (QED) is 0.560. The van der Waals surface area contributed by atoms with Crippen LogP contribution in [0.25, 0.3) is 10.8 Å². The second kappa shape index (κ2) is 10.4. The summed E-state index contributed by atoms with van der Waals surface area (Å²) < 4.78 is 11.5. The van der Waals surface area contributed by atoms with Gasteiger partial charge >= 0.3 is 0 Å². The van der Waals surface area contributed by atoms with Crippen molar-refractivity contribution in [3.05, 3.63) is 66.0 Å². The summed E-state index contributed by atoms with van der Waals surface area (Å²) in [5, 5.41) is 2.36. The Kier molecular flexibility index (Phi) is 6.95. The van der Waals surface area contributed by atoms with Gasteiger partial charge in [-0.3, -0.25) is 9.78 Å². The molecule has 3 aromatic rings. The third-order valence-corrected chi connectivity index (χ3v) is 7.04. The Morgan fingerprint density at radius 2 is 2.00 bits per heavy atom. The first-order valence-electron chi connectivity index (χ1n) is 12.3. The van der Waals surface area contributed by atoms with E-state index in [1.807, 2.05) is 35.5 Å². The van der Waals surface area contributed by atoms with E-state index in [0.29, 0.717) is 37.6 Å². The van der Waals surface area contributed by atoms with Gasteiger partial charge in [-0.05, 0) is 60.9 Å². The molecule has 34 heavy (non-hydrogen) atoms. The molecule has 2 fully saturated rings. The number of benzene rings is 2. The second-order valence-electron chi connectivity index (χ2n) is 9.34. The van der Waals surface area contributed by atoms with Crippen LogP contribution in [0.15, 0.2) is 54.9 Å². The summed E-state index contributed by atoms with van der Waals surface area (Å²) in [6.45, 7) is 4.52. The zero-order valence-electron chi connectivity index (χ0n) is 19.9. The molecule has 0 radical (unpaired) electrons. The predicted octanol–water partition coefficient (Wildman–Crippen LogP) is 4.57. The molecule has 2 aromatic carbocycles. The number of carbonyl (C=O) groups is 1. The molecule has 5 rings (SSSR count). The second-order valence-corrected chi connectivity index (χ2v) is 9.34. The van der Waals surface area contributed by atoms with Crippen LogP contribution in [0.1, 0.15) is 35.2 Å². The van der Waals surface area contributed by atoms with E-state index in [1.165, 1.54) is 35.6 Å². The van der Waals surface area contributed by atoms with E-state index in [0.717, 1.165) is 25.2 Å². The maximum atomic E-state index is 13.7. The molecule has 2 aliphatic rings. The molecule has 178 valence electrons. The predicted molar refractivity (Wildman–Crippen MR) is 135 cm³/mol. The molecular formula is C28H33N3O3. The summed E-state index contributed by atoms with van der Waals surface area (Å²) in [7, 11) is 1.63. The maximum absolute atomic E-state index is 13.7. The number of fused-ring (bicyclic) bond motifs is 1. The average Bonchev–Trinajstić information content (AvgIpc) is 3.14. The van der Waals surface area contributed by atoms with Crippen molar-refractivity contribution in [3.8, 4) is 5.75 Å². The molecule has 0 spiro atoms. The number of rotatable bonds is 5. The molecule has 6 nitrogen and oxygen atoms in total. The lowest BCUT2D eigenvalue weighted by Crippen LogP contribution is -2.37. The number of hydrogen-bond acceptors (Lipinski definition) is 5. The van der Waals surface area contributed by atoms with Crippen LogP contribution >= 0.6 is 0 Å². The first kappa shape index (κ1) is 22.7. The van der Waals surface area contributed by atoms with Gasteiger partial charge in [0.15, 0.2) is 0 Å². The summed E-state index contributed by atoms with van der Waals surface area (Å²) >= 11 is 0. The van der Waals surface area contributed by atoms with Crippen molar-refractivity contribution in [2.24, 2.45) is 5.92 Å². The van der Waals surface area contributed by atoms with Crippen molar-refractivity contribution in [1.82, 2.24) is 9.88 Å². The van der Waals surface area contributed by atoms with Crippen molar-refractivity contribution in [2.45, 2.75) is 25.7 Å². The van der Waals surface area contributed by atoms with Gasteiger partial charge in [-0.1, -0.05) is 18.2 Å². The van der Waals surface area contributed by atoms with E-state index in [9.17, 15) is 4.79 Å². The zero-order chi connectivity index (χ0) is 23.3. The van der Waals surface area contributed by atoms with Crippen LogP contribution in [0.3, 0.4) is 0 Å². The summed E-state index contributed by atoms with van der Waals surface area (Å²) in [4.78, 5) is 22.4. The first-order chi connectivity index (χ1) is 16.7. The molecule has 2 aliphatic heterocycles. The van der Waals surface area contributed by atoms with Crippen LogP contribution in [0.5, 0.6) is 5.75 Å².